The summed E-state index contributed by atoms with van der Waals surface area (Å²) in [5, 5.41) is 24.4. The van der Waals surface area contributed by atoms with Crippen LogP contribution in [0.2, 0.25) is 0 Å². The number of rotatable bonds is 3. The fourth-order valence-corrected chi connectivity index (χ4v) is 2.03. The van der Waals surface area contributed by atoms with Gasteiger partial charge < -0.3 is 5.73 Å². The summed E-state index contributed by atoms with van der Waals surface area (Å²) in [6.45, 7) is 0.903. The third kappa shape index (κ3) is 1.92. The summed E-state index contributed by atoms with van der Waals surface area (Å²) in [6.07, 6.45) is 0.444. The van der Waals surface area contributed by atoms with Gasteiger partial charge in [0.2, 0.25) is 5.91 Å². The van der Waals surface area contributed by atoms with E-state index in [1.807, 2.05) is 12.1 Å². The van der Waals surface area contributed by atoms with Crippen LogP contribution in [0.4, 0.5) is 5.82 Å². The number of hydrogen-bond donors (Lipinski definition) is 2. The van der Waals surface area contributed by atoms with E-state index in [0.717, 1.165) is 0 Å². The molecule has 18 heavy (non-hydrogen) atoms. The maximum atomic E-state index is 11.8. The Kier molecular flexibility index (Phi) is 3.26. The monoisotopic (exact) mass is 244 g/mol. The van der Waals surface area contributed by atoms with E-state index in [9.17, 15) is 4.79 Å². The van der Waals surface area contributed by atoms with Crippen molar-refractivity contribution >= 4 is 11.7 Å². The van der Waals surface area contributed by atoms with Crippen LogP contribution >= 0.6 is 0 Å². The number of aromatic amines is 1. The summed E-state index contributed by atoms with van der Waals surface area (Å²) in [4.78, 5) is 13.3. The number of carbonyl (C=O) groups is 1. The number of hydrogen-bond acceptors (Lipinski definition) is 5. The molecule has 92 valence electrons. The Morgan fingerprint density at radius 1 is 1.56 bits per heavy atom. The second-order valence-electron chi connectivity index (χ2n) is 4.16. The van der Waals surface area contributed by atoms with Crippen molar-refractivity contribution < 1.29 is 4.79 Å². The Labute approximate surface area is 104 Å². The van der Waals surface area contributed by atoms with Gasteiger partial charge in [0.05, 0.1) is 18.2 Å². The predicted molar refractivity (Wildman–Crippen MR) is 62.1 cm³/mol. The molecule has 2 rings (SSSR count). The Hall–Kier alpha value is -2.38. The van der Waals surface area contributed by atoms with E-state index in [2.05, 4.69) is 10.2 Å². The summed E-state index contributed by atoms with van der Waals surface area (Å²) in [7, 11) is 0. The van der Waals surface area contributed by atoms with Crippen LogP contribution in [-0.2, 0) is 11.2 Å². The van der Waals surface area contributed by atoms with Gasteiger partial charge in [0.15, 0.2) is 5.82 Å². The Morgan fingerprint density at radius 3 is 2.89 bits per heavy atom. The van der Waals surface area contributed by atoms with Gasteiger partial charge in [-0.1, -0.05) is 0 Å². The lowest BCUT2D eigenvalue weighted by molar-refractivity contribution is -0.117. The van der Waals surface area contributed by atoms with Gasteiger partial charge in [-0.3, -0.25) is 14.8 Å². The first-order chi connectivity index (χ1) is 8.71. The molecule has 1 saturated heterocycles. The van der Waals surface area contributed by atoms with Gasteiger partial charge in [-0.15, -0.1) is 0 Å². The largest absolute Gasteiger partial charge is 0.330 e. The molecule has 7 heteroatoms. The molecule has 0 radical (unpaired) electrons. The summed E-state index contributed by atoms with van der Waals surface area (Å²) in [5.74, 6) is 0.320. The summed E-state index contributed by atoms with van der Waals surface area (Å²) in [6, 6.07) is 3.94. The third-order valence-electron chi connectivity index (χ3n) is 2.98. The molecular weight excluding hydrogens is 232 g/mol. The number of carbonyl (C=O) groups excluding carboxylic acids is 1. The maximum absolute atomic E-state index is 11.8. The highest BCUT2D eigenvalue weighted by Gasteiger charge is 2.33. The molecule has 1 atom stereocenters. The molecule has 1 unspecified atom stereocenters. The van der Waals surface area contributed by atoms with Crippen LogP contribution < -0.4 is 10.6 Å². The van der Waals surface area contributed by atoms with E-state index in [1.165, 1.54) is 4.90 Å². The molecule has 1 aromatic heterocycles. The number of nitriles is 2. The van der Waals surface area contributed by atoms with Crippen LogP contribution in [0.25, 0.3) is 0 Å². The van der Waals surface area contributed by atoms with Crippen molar-refractivity contribution in [3.63, 3.8) is 0 Å². The van der Waals surface area contributed by atoms with E-state index in [1.54, 1.807) is 0 Å². The lowest BCUT2D eigenvalue weighted by Gasteiger charge is -2.13. The molecule has 7 nitrogen and oxygen atoms in total. The highest BCUT2D eigenvalue weighted by molar-refractivity contribution is 5.96. The number of nitrogens with two attached hydrogens (primary N) is 1. The van der Waals surface area contributed by atoms with Crippen LogP contribution in [0, 0.1) is 28.6 Å². The van der Waals surface area contributed by atoms with Gasteiger partial charge in [0.25, 0.3) is 0 Å². The van der Waals surface area contributed by atoms with Gasteiger partial charge in [-0.25, -0.2) is 0 Å². The summed E-state index contributed by atoms with van der Waals surface area (Å²) < 4.78 is 0. The second kappa shape index (κ2) is 4.86. The van der Waals surface area contributed by atoms with Crippen molar-refractivity contribution in [2.24, 2.45) is 11.7 Å². The molecule has 2 heterocycles. The number of nitrogens with zero attached hydrogens (tertiary/aromatic N) is 4. The zero-order valence-electron chi connectivity index (χ0n) is 9.68. The number of anilines is 1. The van der Waals surface area contributed by atoms with Gasteiger partial charge in [-0.05, 0) is 12.5 Å². The molecule has 0 aliphatic carbocycles. The minimum atomic E-state index is -0.0862. The number of amides is 1. The molecule has 1 aliphatic heterocycles. The van der Waals surface area contributed by atoms with Crippen LogP contribution in [-0.4, -0.2) is 29.2 Å². The Morgan fingerprint density at radius 2 is 2.33 bits per heavy atom. The molecule has 1 amide bonds. The lowest BCUT2D eigenvalue weighted by Crippen LogP contribution is -2.26. The lowest BCUT2D eigenvalue weighted by atomic mass is 10.1. The zero-order chi connectivity index (χ0) is 13.1. The van der Waals surface area contributed by atoms with E-state index in [0.29, 0.717) is 31.0 Å². The molecule has 3 N–H and O–H groups in total. The molecule has 0 aromatic carbocycles. The average molecular weight is 244 g/mol. The van der Waals surface area contributed by atoms with E-state index >= 15 is 0 Å². The highest BCUT2D eigenvalue weighted by atomic mass is 16.2. The van der Waals surface area contributed by atoms with Gasteiger partial charge in [0, 0.05) is 13.0 Å². The van der Waals surface area contributed by atoms with Crippen LogP contribution in [0.3, 0.4) is 0 Å². The maximum Gasteiger partial charge on any atom is 0.228 e. The van der Waals surface area contributed by atoms with Gasteiger partial charge in [-0.2, -0.15) is 15.6 Å². The summed E-state index contributed by atoms with van der Waals surface area (Å²) in [5.41, 5.74) is 6.25. The standard InChI is InChI=1S/C11H12N6O/c12-2-1-9-8(5-14)11(16-15-9)17-6-7(4-13)3-10(17)18/h7H,1,3-4,6,13H2,(H,15,16). The number of nitrogens with one attached hydrogen (secondary N) is 1. The molecule has 0 spiro atoms. The van der Waals surface area contributed by atoms with E-state index in [4.69, 9.17) is 16.3 Å². The first kappa shape index (κ1) is 12.1. The quantitative estimate of drug-likeness (QED) is 0.752. The van der Waals surface area contributed by atoms with Crippen LogP contribution in [0.15, 0.2) is 0 Å². The van der Waals surface area contributed by atoms with Crippen molar-refractivity contribution in [1.82, 2.24) is 10.2 Å². The average Bonchev–Trinajstić information content (AvgIpc) is 2.92. The topological polar surface area (TPSA) is 123 Å². The zero-order valence-corrected chi connectivity index (χ0v) is 9.68. The van der Waals surface area contributed by atoms with Crippen LogP contribution in [0.1, 0.15) is 17.7 Å². The second-order valence-corrected chi connectivity index (χ2v) is 4.16. The smallest absolute Gasteiger partial charge is 0.228 e. The van der Waals surface area contributed by atoms with Gasteiger partial charge >= 0.3 is 0 Å². The minimum Gasteiger partial charge on any atom is -0.330 e. The Balaban J connectivity index is 2.33. The SMILES string of the molecule is N#CCc1[nH]nc(N2CC(CN)CC2=O)c1C#N. The van der Waals surface area contributed by atoms with Crippen molar-refractivity contribution in [1.29, 1.82) is 10.5 Å². The number of aromatic nitrogens is 2. The van der Waals surface area contributed by atoms with Crippen molar-refractivity contribution in [2.75, 3.05) is 18.0 Å². The van der Waals surface area contributed by atoms with E-state index < -0.39 is 0 Å². The van der Waals surface area contributed by atoms with Crippen LogP contribution in [0.5, 0.6) is 0 Å². The fraction of sp³-hybridized carbons (Fsp3) is 0.455. The van der Waals surface area contributed by atoms with Gasteiger partial charge in [0.1, 0.15) is 11.6 Å². The minimum absolute atomic E-state index is 0.0677. The molecular formula is C11H12N6O. The van der Waals surface area contributed by atoms with Crippen molar-refractivity contribution in [2.45, 2.75) is 12.8 Å². The molecule has 1 aromatic rings. The fourth-order valence-electron chi connectivity index (χ4n) is 2.03. The molecule has 1 aliphatic rings. The normalized spacial score (nSPS) is 18.7. The van der Waals surface area contributed by atoms with Crippen molar-refractivity contribution in [3.8, 4) is 12.1 Å². The molecule has 0 saturated carbocycles. The number of H-pyrrole nitrogens is 1. The predicted octanol–water partition coefficient (Wildman–Crippen LogP) is -0.341. The first-order valence-corrected chi connectivity index (χ1v) is 5.56. The third-order valence-corrected chi connectivity index (χ3v) is 2.98. The molecule has 0 bridgehead atoms. The Bertz CT molecular complexity index is 549. The van der Waals surface area contributed by atoms with E-state index in [-0.39, 0.29) is 23.8 Å². The van der Waals surface area contributed by atoms with Crippen molar-refractivity contribution in [3.05, 3.63) is 11.3 Å². The highest BCUT2D eigenvalue weighted by Crippen LogP contribution is 2.27. The first-order valence-electron chi connectivity index (χ1n) is 5.56. The summed E-state index contributed by atoms with van der Waals surface area (Å²) >= 11 is 0. The molecule has 1 fully saturated rings.